The summed E-state index contributed by atoms with van der Waals surface area (Å²) >= 11 is 0. The minimum Gasteiger partial charge on any atom is -0.394 e. The molecule has 2 N–H and O–H groups in total. The van der Waals surface area contributed by atoms with Crippen LogP contribution in [0.3, 0.4) is 0 Å². The molecule has 19 heavy (non-hydrogen) atoms. The van der Waals surface area contributed by atoms with Crippen LogP contribution in [0, 0.1) is 13.8 Å². The van der Waals surface area contributed by atoms with Crippen LogP contribution in [-0.4, -0.2) is 33.6 Å². The zero-order valence-corrected chi connectivity index (χ0v) is 13.1. The molecule has 1 aromatic heterocycles. The van der Waals surface area contributed by atoms with Crippen LogP contribution in [0.15, 0.2) is 0 Å². The number of aliphatic hydroxyl groups excluding tert-OH is 1. The molecule has 0 saturated carbocycles. The topological polar surface area (TPSA) is 50.1 Å². The third kappa shape index (κ3) is 4.05. The first-order valence-corrected chi connectivity index (χ1v) is 7.36. The minimum atomic E-state index is -0.168. The van der Waals surface area contributed by atoms with Crippen molar-refractivity contribution in [2.45, 2.75) is 66.0 Å². The highest BCUT2D eigenvalue weighted by Crippen LogP contribution is 2.16. The Morgan fingerprint density at radius 3 is 2.47 bits per heavy atom. The third-order valence-corrected chi connectivity index (χ3v) is 3.94. The largest absolute Gasteiger partial charge is 0.394 e. The second kappa shape index (κ2) is 7.06. The van der Waals surface area contributed by atoms with E-state index in [0.29, 0.717) is 0 Å². The summed E-state index contributed by atoms with van der Waals surface area (Å²) in [6.45, 7) is 12.5. The number of aromatic nitrogens is 2. The van der Waals surface area contributed by atoms with E-state index in [4.69, 9.17) is 0 Å². The van der Waals surface area contributed by atoms with Gasteiger partial charge in [-0.25, -0.2) is 0 Å². The lowest BCUT2D eigenvalue weighted by atomic mass is 9.97. The van der Waals surface area contributed by atoms with Gasteiger partial charge >= 0.3 is 0 Å². The number of aryl methyl sites for hydroxylation is 2. The molecule has 0 radical (unpaired) electrons. The summed E-state index contributed by atoms with van der Waals surface area (Å²) in [6.07, 6.45) is 3.02. The van der Waals surface area contributed by atoms with Gasteiger partial charge in [-0.15, -0.1) is 0 Å². The Morgan fingerprint density at radius 2 is 2.00 bits per heavy atom. The highest BCUT2D eigenvalue weighted by Gasteiger charge is 2.21. The fourth-order valence-corrected chi connectivity index (χ4v) is 2.73. The van der Waals surface area contributed by atoms with Gasteiger partial charge < -0.3 is 10.4 Å². The summed E-state index contributed by atoms with van der Waals surface area (Å²) in [5.41, 5.74) is 3.64. The van der Waals surface area contributed by atoms with Crippen molar-refractivity contribution in [3.63, 3.8) is 0 Å². The Kier molecular flexibility index (Phi) is 6.01. The molecular formula is C15H29N3O. The van der Waals surface area contributed by atoms with Gasteiger partial charge in [0.2, 0.25) is 0 Å². The van der Waals surface area contributed by atoms with Crippen molar-refractivity contribution in [1.82, 2.24) is 15.1 Å². The Hall–Kier alpha value is -0.870. The molecule has 1 aromatic rings. The molecule has 4 heteroatoms. The smallest absolute Gasteiger partial charge is 0.0628 e. The van der Waals surface area contributed by atoms with Crippen LogP contribution in [0.1, 0.15) is 50.6 Å². The monoisotopic (exact) mass is 267 g/mol. The van der Waals surface area contributed by atoms with Gasteiger partial charge in [0.1, 0.15) is 0 Å². The van der Waals surface area contributed by atoms with E-state index >= 15 is 0 Å². The summed E-state index contributed by atoms with van der Waals surface area (Å²) < 4.78 is 2.11. The predicted molar refractivity (Wildman–Crippen MR) is 79.5 cm³/mol. The van der Waals surface area contributed by atoms with Gasteiger partial charge in [-0.2, -0.15) is 5.10 Å². The first-order chi connectivity index (χ1) is 8.97. The van der Waals surface area contributed by atoms with Crippen LogP contribution in [-0.2, 0) is 13.0 Å². The molecule has 0 aliphatic heterocycles. The van der Waals surface area contributed by atoms with E-state index in [1.807, 2.05) is 0 Å². The molecule has 1 heterocycles. The lowest BCUT2D eigenvalue weighted by Crippen LogP contribution is -2.45. The second-order valence-corrected chi connectivity index (χ2v) is 5.58. The third-order valence-electron chi connectivity index (χ3n) is 3.94. The zero-order valence-electron chi connectivity index (χ0n) is 13.1. The Balaban J connectivity index is 2.58. The van der Waals surface area contributed by atoms with Crippen LogP contribution >= 0.6 is 0 Å². The van der Waals surface area contributed by atoms with E-state index in [9.17, 15) is 5.11 Å². The molecule has 0 saturated heterocycles. The van der Waals surface area contributed by atoms with Gasteiger partial charge in [0.15, 0.2) is 0 Å². The summed E-state index contributed by atoms with van der Waals surface area (Å²) in [7, 11) is 0. The molecule has 110 valence electrons. The van der Waals surface area contributed by atoms with Gasteiger partial charge in [-0.3, -0.25) is 4.68 Å². The van der Waals surface area contributed by atoms with Crippen molar-refractivity contribution >= 4 is 0 Å². The zero-order chi connectivity index (χ0) is 14.5. The average molecular weight is 267 g/mol. The molecule has 0 bridgehead atoms. The molecule has 1 atom stereocenters. The molecule has 0 aliphatic rings. The van der Waals surface area contributed by atoms with Crippen LogP contribution in [0.25, 0.3) is 0 Å². The van der Waals surface area contributed by atoms with Crippen molar-refractivity contribution in [3.05, 3.63) is 17.0 Å². The van der Waals surface area contributed by atoms with Gasteiger partial charge in [0, 0.05) is 17.8 Å². The maximum Gasteiger partial charge on any atom is 0.0628 e. The van der Waals surface area contributed by atoms with Crippen molar-refractivity contribution in [2.75, 3.05) is 13.2 Å². The first kappa shape index (κ1) is 16.2. The Bertz CT molecular complexity index is 400. The second-order valence-electron chi connectivity index (χ2n) is 5.58. The Labute approximate surface area is 117 Å². The van der Waals surface area contributed by atoms with E-state index in [1.165, 1.54) is 11.3 Å². The van der Waals surface area contributed by atoms with E-state index < -0.39 is 0 Å². The van der Waals surface area contributed by atoms with Gasteiger partial charge in [-0.1, -0.05) is 13.8 Å². The van der Waals surface area contributed by atoms with Crippen molar-refractivity contribution < 1.29 is 5.11 Å². The van der Waals surface area contributed by atoms with E-state index in [0.717, 1.165) is 38.0 Å². The summed E-state index contributed by atoms with van der Waals surface area (Å²) in [6, 6.07) is 0. The maximum atomic E-state index is 9.47. The normalized spacial score (nSPS) is 14.6. The minimum absolute atomic E-state index is 0.168. The van der Waals surface area contributed by atoms with E-state index in [1.54, 1.807) is 0 Å². The van der Waals surface area contributed by atoms with Gasteiger partial charge in [0.25, 0.3) is 0 Å². The van der Waals surface area contributed by atoms with Crippen LogP contribution in [0.5, 0.6) is 0 Å². The standard InChI is InChI=1S/C15H29N3O/c1-6-14-12(3)17-18(13(14)4)10-8-9-15(5,11-19)16-7-2/h16,19H,6-11H2,1-5H3. The van der Waals surface area contributed by atoms with Crippen LogP contribution < -0.4 is 5.32 Å². The fraction of sp³-hybridized carbons (Fsp3) is 0.800. The van der Waals surface area contributed by atoms with Crippen molar-refractivity contribution in [2.24, 2.45) is 0 Å². The van der Waals surface area contributed by atoms with Crippen LogP contribution in [0.4, 0.5) is 0 Å². The first-order valence-electron chi connectivity index (χ1n) is 7.36. The quantitative estimate of drug-likeness (QED) is 0.759. The molecule has 0 aliphatic carbocycles. The van der Waals surface area contributed by atoms with Gasteiger partial charge in [0.05, 0.1) is 12.3 Å². The molecule has 0 amide bonds. The van der Waals surface area contributed by atoms with Crippen LogP contribution in [0.2, 0.25) is 0 Å². The molecule has 1 rings (SSSR count). The number of nitrogens with zero attached hydrogens (tertiary/aromatic N) is 2. The Morgan fingerprint density at radius 1 is 1.32 bits per heavy atom. The summed E-state index contributed by atoms with van der Waals surface area (Å²) in [5, 5.41) is 17.4. The number of hydrogen-bond donors (Lipinski definition) is 2. The van der Waals surface area contributed by atoms with E-state index in [-0.39, 0.29) is 12.1 Å². The predicted octanol–water partition coefficient (Wildman–Crippen LogP) is 2.20. The summed E-state index contributed by atoms with van der Waals surface area (Å²) in [4.78, 5) is 0. The molecule has 0 fully saturated rings. The SMILES string of the molecule is CCNC(C)(CO)CCCn1nc(C)c(CC)c1C. The van der Waals surface area contributed by atoms with Crippen molar-refractivity contribution in [1.29, 1.82) is 0 Å². The molecule has 0 aromatic carbocycles. The molecular weight excluding hydrogens is 238 g/mol. The van der Waals surface area contributed by atoms with Crippen molar-refractivity contribution in [3.8, 4) is 0 Å². The molecule has 0 spiro atoms. The number of likely N-dealkylation sites (N-methyl/N-ethyl adjacent to an activating group) is 1. The highest BCUT2D eigenvalue weighted by atomic mass is 16.3. The maximum absolute atomic E-state index is 9.47. The fourth-order valence-electron chi connectivity index (χ4n) is 2.73. The lowest BCUT2D eigenvalue weighted by molar-refractivity contribution is 0.163. The number of hydrogen-bond acceptors (Lipinski definition) is 3. The molecule has 1 unspecified atom stereocenters. The molecule has 4 nitrogen and oxygen atoms in total. The number of rotatable bonds is 8. The summed E-state index contributed by atoms with van der Waals surface area (Å²) in [5.74, 6) is 0. The average Bonchev–Trinajstić information content (AvgIpc) is 2.64. The highest BCUT2D eigenvalue weighted by molar-refractivity contribution is 5.24. The lowest BCUT2D eigenvalue weighted by Gasteiger charge is -2.28. The van der Waals surface area contributed by atoms with E-state index in [2.05, 4.69) is 49.7 Å². The number of aliphatic hydroxyl groups is 1. The van der Waals surface area contributed by atoms with Gasteiger partial charge in [-0.05, 0) is 52.1 Å². The number of nitrogens with one attached hydrogen (secondary N) is 1.